The molecule has 0 heterocycles. The Morgan fingerprint density at radius 3 is 1.05 bits per heavy atom. The first-order chi connectivity index (χ1) is 18.0. The second-order valence-corrected chi connectivity index (χ2v) is 8.69. The Labute approximate surface area is 215 Å². The van der Waals surface area contributed by atoms with Crippen LogP contribution in [0.1, 0.15) is 31.1 Å². The Morgan fingerprint density at radius 2 is 0.816 bits per heavy atom. The SMILES string of the molecule is COc1cc(C(=O)OP(=O)(OC(=O)c2ccc(O)c(OC)c2)OC(=O)c2ccc(O)c(OC)c2)ccc1O. The molecule has 14 heteroatoms. The highest BCUT2D eigenvalue weighted by atomic mass is 31.2. The van der Waals surface area contributed by atoms with Crippen LogP contribution in [0.5, 0.6) is 34.5 Å². The van der Waals surface area contributed by atoms with Gasteiger partial charge in [-0.25, -0.2) is 14.4 Å². The predicted molar refractivity (Wildman–Crippen MR) is 128 cm³/mol. The van der Waals surface area contributed by atoms with Crippen molar-refractivity contribution in [2.24, 2.45) is 0 Å². The lowest BCUT2D eigenvalue weighted by Gasteiger charge is -2.17. The molecule has 13 nitrogen and oxygen atoms in total. The molecule has 3 aromatic carbocycles. The Kier molecular flexibility index (Phi) is 8.33. The molecule has 0 unspecified atom stereocenters. The Hall–Kier alpha value is -4.90. The van der Waals surface area contributed by atoms with Crippen LogP contribution in [0.25, 0.3) is 0 Å². The molecule has 0 amide bonds. The smallest absolute Gasteiger partial charge is 0.504 e. The summed E-state index contributed by atoms with van der Waals surface area (Å²) in [6.07, 6.45) is 0. The van der Waals surface area contributed by atoms with E-state index in [0.717, 1.165) is 54.6 Å². The molecule has 0 aliphatic heterocycles. The molecule has 0 aromatic heterocycles. The van der Waals surface area contributed by atoms with Crippen LogP contribution in [0.3, 0.4) is 0 Å². The van der Waals surface area contributed by atoms with Gasteiger partial charge in [0, 0.05) is 0 Å². The molecule has 0 atom stereocenters. The van der Waals surface area contributed by atoms with Crippen LogP contribution in [0, 0.1) is 0 Å². The summed E-state index contributed by atoms with van der Waals surface area (Å²) in [6, 6.07) is 9.65. The number of hydrogen-bond acceptors (Lipinski definition) is 13. The summed E-state index contributed by atoms with van der Waals surface area (Å²) in [5.74, 6) is -5.41. The van der Waals surface area contributed by atoms with Crippen LogP contribution in [-0.2, 0) is 18.1 Å². The zero-order valence-corrected chi connectivity index (χ0v) is 21.0. The van der Waals surface area contributed by atoms with E-state index in [1.54, 1.807) is 0 Å². The number of phenols is 3. The number of phenolic OH excluding ortho intramolecular Hbond substituents is 3. The lowest BCUT2D eigenvalue weighted by molar-refractivity contribution is 0.0471. The van der Waals surface area contributed by atoms with Gasteiger partial charge in [0.25, 0.3) is 0 Å². The number of hydrogen-bond donors (Lipinski definition) is 3. The molecule has 0 aliphatic rings. The molecule has 0 saturated heterocycles. The zero-order valence-electron chi connectivity index (χ0n) is 20.1. The Balaban J connectivity index is 1.95. The lowest BCUT2D eigenvalue weighted by atomic mass is 10.2. The van der Waals surface area contributed by atoms with Crippen molar-refractivity contribution < 1.29 is 62.1 Å². The van der Waals surface area contributed by atoms with Crippen LogP contribution in [0.2, 0.25) is 0 Å². The van der Waals surface area contributed by atoms with Crippen LogP contribution >= 0.6 is 7.82 Å². The van der Waals surface area contributed by atoms with Gasteiger partial charge in [0.05, 0.1) is 38.0 Å². The molecule has 0 spiro atoms. The third kappa shape index (κ3) is 6.26. The molecule has 0 saturated carbocycles. The normalized spacial score (nSPS) is 10.7. The summed E-state index contributed by atoms with van der Waals surface area (Å²) in [6.45, 7) is 0. The summed E-state index contributed by atoms with van der Waals surface area (Å²) in [5, 5.41) is 29.2. The van der Waals surface area contributed by atoms with Gasteiger partial charge in [0.2, 0.25) is 0 Å². The second kappa shape index (κ2) is 11.4. The second-order valence-electron chi connectivity index (χ2n) is 7.24. The highest BCUT2D eigenvalue weighted by Crippen LogP contribution is 2.52. The van der Waals surface area contributed by atoms with Crippen molar-refractivity contribution in [3.63, 3.8) is 0 Å². The first-order valence-corrected chi connectivity index (χ1v) is 11.9. The Morgan fingerprint density at radius 1 is 0.553 bits per heavy atom. The van der Waals surface area contributed by atoms with Gasteiger partial charge in [-0.05, 0) is 54.6 Å². The first-order valence-electron chi connectivity index (χ1n) is 10.4. The lowest BCUT2D eigenvalue weighted by Crippen LogP contribution is -2.15. The standard InChI is InChI=1S/C24H21O13P/c1-32-19-10-13(4-7-16(19)25)22(28)35-38(31,36-23(29)14-5-8-17(26)20(11-14)33-2)37-24(30)15-6-9-18(27)21(12-15)34-3/h4-12,25-27H,1-3H3. The molecule has 0 aliphatic carbocycles. The number of carbonyl (C=O) groups is 3. The van der Waals surface area contributed by atoms with Crippen molar-refractivity contribution in [3.05, 3.63) is 71.3 Å². The number of methoxy groups -OCH3 is 3. The van der Waals surface area contributed by atoms with Gasteiger partial charge in [-0.2, -0.15) is 4.57 Å². The maximum atomic E-state index is 13.5. The molecule has 0 fully saturated rings. The maximum Gasteiger partial charge on any atom is 0.654 e. The molecule has 0 bridgehead atoms. The molecule has 3 aromatic rings. The maximum absolute atomic E-state index is 13.5. The number of carbonyl (C=O) groups excluding carboxylic acids is 3. The highest BCUT2D eigenvalue weighted by molar-refractivity contribution is 7.50. The minimum atomic E-state index is -5.35. The number of phosphoric acid groups is 1. The minimum Gasteiger partial charge on any atom is -0.504 e. The summed E-state index contributed by atoms with van der Waals surface area (Å²) >= 11 is 0. The third-order valence-corrected chi connectivity index (χ3v) is 6.00. The number of rotatable bonds is 9. The van der Waals surface area contributed by atoms with Crippen molar-refractivity contribution in [1.29, 1.82) is 0 Å². The number of benzene rings is 3. The molecule has 38 heavy (non-hydrogen) atoms. The fourth-order valence-electron chi connectivity index (χ4n) is 2.93. The molecule has 0 radical (unpaired) electrons. The van der Waals surface area contributed by atoms with Gasteiger partial charge in [-0.15, -0.1) is 0 Å². The summed E-state index contributed by atoms with van der Waals surface area (Å²) in [7, 11) is -1.69. The summed E-state index contributed by atoms with van der Waals surface area (Å²) in [4.78, 5) is 38.2. The average molecular weight is 548 g/mol. The van der Waals surface area contributed by atoms with Gasteiger partial charge in [-0.3, -0.25) is 0 Å². The number of ether oxygens (including phenoxy) is 3. The van der Waals surface area contributed by atoms with Crippen molar-refractivity contribution in [2.75, 3.05) is 21.3 Å². The predicted octanol–water partition coefficient (Wildman–Crippen LogP) is 3.81. The van der Waals surface area contributed by atoms with Gasteiger partial charge in [0.15, 0.2) is 34.5 Å². The molecule has 3 rings (SSSR count). The molecular weight excluding hydrogens is 527 g/mol. The van der Waals surface area contributed by atoms with Crippen LogP contribution < -0.4 is 14.2 Å². The highest BCUT2D eigenvalue weighted by Gasteiger charge is 2.41. The van der Waals surface area contributed by atoms with Gasteiger partial charge in [-0.1, -0.05) is 0 Å². The van der Waals surface area contributed by atoms with E-state index in [4.69, 9.17) is 27.8 Å². The van der Waals surface area contributed by atoms with Gasteiger partial charge in [0.1, 0.15) is 0 Å². The average Bonchev–Trinajstić information content (AvgIpc) is 2.88. The van der Waals surface area contributed by atoms with E-state index in [0.29, 0.717) is 0 Å². The molecule has 200 valence electrons. The van der Waals surface area contributed by atoms with E-state index in [1.165, 1.54) is 21.3 Å². The van der Waals surface area contributed by atoms with Crippen molar-refractivity contribution in [2.45, 2.75) is 0 Å². The fraction of sp³-hybridized carbons (Fsp3) is 0.125. The van der Waals surface area contributed by atoms with Crippen LogP contribution in [0.4, 0.5) is 0 Å². The van der Waals surface area contributed by atoms with Crippen LogP contribution in [0.15, 0.2) is 54.6 Å². The third-order valence-electron chi connectivity index (χ3n) is 4.83. The molecule has 3 N–H and O–H groups in total. The molecular formula is C24H21O13P. The number of phosphoric ester groups is 1. The fourth-order valence-corrected chi connectivity index (χ4v) is 3.97. The van der Waals surface area contributed by atoms with E-state index in [-0.39, 0.29) is 51.2 Å². The van der Waals surface area contributed by atoms with E-state index in [1.807, 2.05) is 0 Å². The van der Waals surface area contributed by atoms with E-state index < -0.39 is 25.7 Å². The number of aromatic hydroxyl groups is 3. The topological polar surface area (TPSA) is 184 Å². The largest absolute Gasteiger partial charge is 0.654 e. The van der Waals surface area contributed by atoms with E-state index in [9.17, 15) is 34.3 Å². The van der Waals surface area contributed by atoms with Crippen molar-refractivity contribution >= 4 is 25.7 Å². The van der Waals surface area contributed by atoms with Crippen LogP contribution in [-0.4, -0.2) is 54.6 Å². The monoisotopic (exact) mass is 548 g/mol. The van der Waals surface area contributed by atoms with Gasteiger partial charge >= 0.3 is 25.7 Å². The minimum absolute atomic E-state index is 0.129. The first kappa shape index (κ1) is 27.7. The summed E-state index contributed by atoms with van der Waals surface area (Å²) in [5.41, 5.74) is -0.904. The van der Waals surface area contributed by atoms with Crippen molar-refractivity contribution in [3.8, 4) is 34.5 Å². The Bertz CT molecular complexity index is 1260. The summed E-state index contributed by atoms with van der Waals surface area (Å²) < 4.78 is 42.7. The van der Waals surface area contributed by atoms with E-state index in [2.05, 4.69) is 0 Å². The van der Waals surface area contributed by atoms with Crippen molar-refractivity contribution in [1.82, 2.24) is 0 Å². The van der Waals surface area contributed by atoms with E-state index >= 15 is 0 Å². The van der Waals surface area contributed by atoms with Gasteiger partial charge < -0.3 is 43.1 Å². The quantitative estimate of drug-likeness (QED) is 0.328. The zero-order chi connectivity index (χ0) is 28.0.